The van der Waals surface area contributed by atoms with Gasteiger partial charge in [0.25, 0.3) is 0 Å². The number of anilines is 1. The standard InChI is InChI=1S/C16H15N3O/c1-12-6-5-7-13(10-12)11-17-16-18-15(19-20-16)14-8-3-2-4-9-14/h2-10H,11H2,1H3,(H,17,18,19). The Bertz CT molecular complexity index is 692. The molecule has 1 aromatic heterocycles. The molecule has 0 aliphatic carbocycles. The molecule has 0 radical (unpaired) electrons. The van der Waals surface area contributed by atoms with E-state index in [0.717, 1.165) is 5.56 Å². The maximum Gasteiger partial charge on any atom is 0.322 e. The Morgan fingerprint density at radius 3 is 2.70 bits per heavy atom. The van der Waals surface area contributed by atoms with Gasteiger partial charge >= 0.3 is 6.01 Å². The Labute approximate surface area is 117 Å². The molecule has 3 aromatic rings. The zero-order valence-corrected chi connectivity index (χ0v) is 11.2. The molecule has 0 saturated carbocycles. The van der Waals surface area contributed by atoms with E-state index in [9.17, 15) is 0 Å². The maximum absolute atomic E-state index is 5.20. The quantitative estimate of drug-likeness (QED) is 0.782. The molecule has 20 heavy (non-hydrogen) atoms. The van der Waals surface area contributed by atoms with Gasteiger partial charge in [0.1, 0.15) is 0 Å². The Hall–Kier alpha value is -2.62. The number of hydrogen-bond donors (Lipinski definition) is 1. The van der Waals surface area contributed by atoms with Crippen LogP contribution in [0.25, 0.3) is 11.4 Å². The van der Waals surface area contributed by atoms with Gasteiger partial charge in [-0.3, -0.25) is 0 Å². The van der Waals surface area contributed by atoms with Gasteiger partial charge in [-0.1, -0.05) is 65.3 Å². The van der Waals surface area contributed by atoms with Crippen LogP contribution >= 0.6 is 0 Å². The van der Waals surface area contributed by atoms with Crippen LogP contribution in [0.2, 0.25) is 0 Å². The Kier molecular flexibility index (Phi) is 3.46. The average molecular weight is 265 g/mol. The van der Waals surface area contributed by atoms with E-state index < -0.39 is 0 Å². The largest absolute Gasteiger partial charge is 0.334 e. The second-order valence-electron chi connectivity index (χ2n) is 4.63. The van der Waals surface area contributed by atoms with Gasteiger partial charge < -0.3 is 9.84 Å². The average Bonchev–Trinajstić information content (AvgIpc) is 2.95. The number of nitrogens with zero attached hydrogens (tertiary/aromatic N) is 2. The molecule has 0 fully saturated rings. The van der Waals surface area contributed by atoms with Crippen molar-refractivity contribution in [3.05, 3.63) is 65.7 Å². The predicted molar refractivity (Wildman–Crippen MR) is 78.2 cm³/mol. The van der Waals surface area contributed by atoms with Gasteiger partial charge in [0.05, 0.1) is 0 Å². The minimum Gasteiger partial charge on any atom is -0.334 e. The highest BCUT2D eigenvalue weighted by molar-refractivity contribution is 5.54. The number of nitrogens with one attached hydrogen (secondary N) is 1. The van der Waals surface area contributed by atoms with Gasteiger partial charge in [0.2, 0.25) is 5.82 Å². The van der Waals surface area contributed by atoms with Crippen LogP contribution in [-0.4, -0.2) is 10.1 Å². The van der Waals surface area contributed by atoms with E-state index in [-0.39, 0.29) is 0 Å². The molecule has 4 nitrogen and oxygen atoms in total. The fraction of sp³-hybridized carbons (Fsp3) is 0.125. The summed E-state index contributed by atoms with van der Waals surface area (Å²) in [6, 6.07) is 18.5. The summed E-state index contributed by atoms with van der Waals surface area (Å²) in [6.45, 7) is 2.74. The molecule has 0 saturated heterocycles. The highest BCUT2D eigenvalue weighted by Crippen LogP contribution is 2.17. The molecule has 100 valence electrons. The van der Waals surface area contributed by atoms with Crippen LogP contribution in [-0.2, 0) is 6.54 Å². The van der Waals surface area contributed by atoms with E-state index in [4.69, 9.17) is 4.52 Å². The number of rotatable bonds is 4. The normalized spacial score (nSPS) is 10.4. The number of benzene rings is 2. The SMILES string of the molecule is Cc1cccc(CNc2nc(-c3ccccc3)no2)c1. The van der Waals surface area contributed by atoms with E-state index in [0.29, 0.717) is 18.4 Å². The van der Waals surface area contributed by atoms with Crippen molar-refractivity contribution >= 4 is 6.01 Å². The summed E-state index contributed by atoms with van der Waals surface area (Å²) in [6.07, 6.45) is 0. The van der Waals surface area contributed by atoms with Gasteiger partial charge in [-0.15, -0.1) is 0 Å². The Morgan fingerprint density at radius 1 is 1.05 bits per heavy atom. The van der Waals surface area contributed by atoms with Crippen LogP contribution in [0.5, 0.6) is 0 Å². The molecule has 0 atom stereocenters. The molecule has 0 bridgehead atoms. The zero-order valence-electron chi connectivity index (χ0n) is 11.2. The van der Waals surface area contributed by atoms with Crippen molar-refractivity contribution in [3.8, 4) is 11.4 Å². The molecule has 3 rings (SSSR count). The van der Waals surface area contributed by atoms with Gasteiger partial charge in [-0.2, -0.15) is 4.98 Å². The van der Waals surface area contributed by atoms with E-state index in [1.165, 1.54) is 11.1 Å². The van der Waals surface area contributed by atoms with Gasteiger partial charge in [-0.25, -0.2) is 0 Å². The summed E-state index contributed by atoms with van der Waals surface area (Å²) in [5, 5.41) is 7.11. The minimum atomic E-state index is 0.436. The van der Waals surface area contributed by atoms with Gasteiger partial charge in [-0.05, 0) is 12.5 Å². The Morgan fingerprint density at radius 2 is 1.90 bits per heavy atom. The third-order valence-electron chi connectivity index (χ3n) is 2.98. The summed E-state index contributed by atoms with van der Waals surface area (Å²) < 4.78 is 5.20. The molecule has 1 heterocycles. The summed E-state index contributed by atoms with van der Waals surface area (Å²) in [4.78, 5) is 4.33. The first-order valence-electron chi connectivity index (χ1n) is 6.50. The fourth-order valence-corrected chi connectivity index (χ4v) is 2.00. The molecular formula is C16H15N3O. The maximum atomic E-state index is 5.20. The monoisotopic (exact) mass is 265 g/mol. The van der Waals surface area contributed by atoms with Crippen LogP contribution < -0.4 is 5.32 Å². The lowest BCUT2D eigenvalue weighted by Gasteiger charge is -2.02. The van der Waals surface area contributed by atoms with Crippen LogP contribution in [0.3, 0.4) is 0 Å². The smallest absolute Gasteiger partial charge is 0.322 e. The predicted octanol–water partition coefficient (Wildman–Crippen LogP) is 3.66. The van der Waals surface area contributed by atoms with E-state index in [1.54, 1.807) is 0 Å². The van der Waals surface area contributed by atoms with Crippen molar-refractivity contribution in [1.82, 2.24) is 10.1 Å². The zero-order chi connectivity index (χ0) is 13.8. The van der Waals surface area contributed by atoms with Crippen molar-refractivity contribution in [1.29, 1.82) is 0 Å². The van der Waals surface area contributed by atoms with Crippen molar-refractivity contribution in [2.24, 2.45) is 0 Å². The van der Waals surface area contributed by atoms with E-state index in [1.807, 2.05) is 36.4 Å². The highest BCUT2D eigenvalue weighted by atomic mass is 16.5. The first kappa shape index (κ1) is 12.4. The Balaban J connectivity index is 1.69. The number of aryl methyl sites for hydroxylation is 1. The molecule has 0 unspecified atom stereocenters. The molecule has 0 amide bonds. The third kappa shape index (κ3) is 2.85. The van der Waals surface area contributed by atoms with Crippen LogP contribution in [0, 0.1) is 6.92 Å². The first-order valence-corrected chi connectivity index (χ1v) is 6.50. The van der Waals surface area contributed by atoms with Crippen LogP contribution in [0.15, 0.2) is 59.1 Å². The van der Waals surface area contributed by atoms with Crippen LogP contribution in [0.1, 0.15) is 11.1 Å². The molecule has 0 spiro atoms. The van der Waals surface area contributed by atoms with E-state index >= 15 is 0 Å². The topological polar surface area (TPSA) is 51.0 Å². The molecule has 1 N–H and O–H groups in total. The van der Waals surface area contributed by atoms with E-state index in [2.05, 4.69) is 40.6 Å². The lowest BCUT2D eigenvalue weighted by molar-refractivity contribution is 0.432. The minimum absolute atomic E-state index is 0.436. The highest BCUT2D eigenvalue weighted by Gasteiger charge is 2.07. The lowest BCUT2D eigenvalue weighted by Crippen LogP contribution is -1.99. The van der Waals surface area contributed by atoms with Crippen molar-refractivity contribution < 1.29 is 4.52 Å². The summed E-state index contributed by atoms with van der Waals surface area (Å²) in [5.41, 5.74) is 3.36. The lowest BCUT2D eigenvalue weighted by atomic mass is 10.1. The second kappa shape index (κ2) is 5.57. The van der Waals surface area contributed by atoms with Gasteiger partial charge in [0, 0.05) is 12.1 Å². The van der Waals surface area contributed by atoms with Crippen LogP contribution in [0.4, 0.5) is 6.01 Å². The fourth-order valence-electron chi connectivity index (χ4n) is 2.00. The molecule has 2 aromatic carbocycles. The van der Waals surface area contributed by atoms with Crippen molar-refractivity contribution in [3.63, 3.8) is 0 Å². The third-order valence-corrected chi connectivity index (χ3v) is 2.98. The van der Waals surface area contributed by atoms with Gasteiger partial charge in [0.15, 0.2) is 0 Å². The van der Waals surface area contributed by atoms with Crippen molar-refractivity contribution in [2.75, 3.05) is 5.32 Å². The number of aromatic nitrogens is 2. The summed E-state index contributed by atoms with van der Waals surface area (Å²) >= 11 is 0. The second-order valence-corrected chi connectivity index (χ2v) is 4.63. The molecule has 0 aliphatic heterocycles. The molecule has 4 heteroatoms. The molecular weight excluding hydrogens is 250 g/mol. The summed E-state index contributed by atoms with van der Waals surface area (Å²) in [5.74, 6) is 0.595. The first-order chi connectivity index (χ1) is 9.81. The number of hydrogen-bond acceptors (Lipinski definition) is 4. The molecule has 0 aliphatic rings. The summed E-state index contributed by atoms with van der Waals surface area (Å²) in [7, 11) is 0. The van der Waals surface area contributed by atoms with Crippen molar-refractivity contribution in [2.45, 2.75) is 13.5 Å².